The molecule has 5 heterocycles. The Bertz CT molecular complexity index is 6260. The van der Waals surface area contributed by atoms with Crippen LogP contribution >= 0.6 is 0 Å². The van der Waals surface area contributed by atoms with Gasteiger partial charge in [0, 0.05) is 77.0 Å². The molecule has 13 aromatic rings. The van der Waals surface area contributed by atoms with Crippen LogP contribution in [-0.4, -0.2) is 158 Å². The number of alkyl halides is 9. The SMILES string of the molecule is COc1ccc(-n2c(CCN(CCC3CCCN3C)C(=O)Cc3ccc(C(F)(F)F)c(F)c3)nc3ccccc3c2=O)cc1.COc1ccc(-n2c(CCN(CCCN)C(=O)Cc3ccc(C(F)(F)F)c(F)c3)nc3ccccc3c2=O)cc1.COc1ccc(-n2c(CCN(CCc3cccnc3)C(=O)Cc3ccc(C(F)(F)F)c(F)c3)nc3ccccc3c2=O)cc1. The summed E-state index contributed by atoms with van der Waals surface area (Å²) in [5, 5.41) is 1.32. The Hall–Kier alpha value is -13.6. The summed E-state index contributed by atoms with van der Waals surface area (Å²) in [5.74, 6) is -2.30. The van der Waals surface area contributed by atoms with Crippen molar-refractivity contribution in [2.75, 3.05) is 80.7 Å². The third-order valence-corrected chi connectivity index (χ3v) is 21.9. The van der Waals surface area contributed by atoms with Crippen molar-refractivity contribution in [3.63, 3.8) is 0 Å². The molecule has 4 aromatic heterocycles. The summed E-state index contributed by atoms with van der Waals surface area (Å²) in [4.78, 5) is 106. The van der Waals surface area contributed by atoms with Gasteiger partial charge in [-0.1, -0.05) is 60.7 Å². The molecular weight excluding hydrogens is 1680 g/mol. The summed E-state index contributed by atoms with van der Waals surface area (Å²) < 4.78 is 180. The van der Waals surface area contributed by atoms with Crippen LogP contribution in [0, 0.1) is 17.5 Å². The Morgan fingerprint density at radius 2 is 0.758 bits per heavy atom. The van der Waals surface area contributed by atoms with Crippen LogP contribution < -0.4 is 36.6 Å². The average molecular weight is 1770 g/mol. The first-order valence-electron chi connectivity index (χ1n) is 41.0. The summed E-state index contributed by atoms with van der Waals surface area (Å²) in [6, 6.07) is 53.3. The molecule has 1 atom stereocenters. The van der Waals surface area contributed by atoms with E-state index in [1.54, 1.807) is 188 Å². The minimum absolute atomic E-state index is 0.117. The van der Waals surface area contributed by atoms with Gasteiger partial charge in [0.25, 0.3) is 16.7 Å². The number of nitrogens with zero attached hydrogens (tertiary/aromatic N) is 11. The minimum Gasteiger partial charge on any atom is -0.497 e. The molecule has 668 valence electrons. The maximum absolute atomic E-state index is 14.3. The number of methoxy groups -OCH3 is 3. The zero-order valence-corrected chi connectivity index (χ0v) is 70.1. The van der Waals surface area contributed by atoms with Gasteiger partial charge in [-0.3, -0.25) is 47.5 Å². The van der Waals surface area contributed by atoms with Gasteiger partial charge >= 0.3 is 18.5 Å². The van der Waals surface area contributed by atoms with Crippen LogP contribution in [-0.2, 0) is 77.9 Å². The van der Waals surface area contributed by atoms with Crippen LogP contribution in [0.2, 0.25) is 0 Å². The van der Waals surface area contributed by atoms with Crippen molar-refractivity contribution in [1.82, 2.24) is 53.2 Å². The number of carbonyl (C=O) groups is 3. The first kappa shape index (κ1) is 93.6. The number of rotatable bonds is 30. The van der Waals surface area contributed by atoms with E-state index in [-0.39, 0.29) is 111 Å². The van der Waals surface area contributed by atoms with Crippen LogP contribution in [0.4, 0.5) is 52.7 Å². The predicted molar refractivity (Wildman–Crippen MR) is 460 cm³/mol. The minimum atomic E-state index is -4.84. The van der Waals surface area contributed by atoms with Gasteiger partial charge in [0.05, 0.1) is 107 Å². The zero-order valence-electron chi connectivity index (χ0n) is 70.1. The van der Waals surface area contributed by atoms with Crippen LogP contribution in [0.25, 0.3) is 49.8 Å². The predicted octanol–water partition coefficient (Wildman–Crippen LogP) is 16.0. The van der Waals surface area contributed by atoms with Gasteiger partial charge in [-0.2, -0.15) is 39.5 Å². The number of fused-ring (bicyclic) bond motifs is 3. The molecule has 0 spiro atoms. The standard InChI is InChI=1S/C33H34F4N4O3.C33H28F4N4O3.C29H28F4N4O3/c1-39-17-5-6-23(39)15-18-40(31(42)21-22-9-14-27(28(34)20-22)33(35,36)37)19-16-30-38-29-8-4-3-7-26(29)32(43)41(30)24-10-12-25(44-2)13-11-24;1-44-25-11-9-24(10-12-25)41-30(39-29-7-3-2-6-26(29)32(41)43)15-18-40(17-14-22-5-4-16-38-21-22)31(42)20-23-8-13-27(28(34)19-23)33(35,36)37;1-40-21-10-8-20(9-11-21)37-26(35-25-6-3-2-5-22(25)28(37)39)13-16-36(15-4-14-34)27(38)18-19-7-12-23(24(30)17-19)29(31,32)33/h3-4,7-14,20,23H,5-6,15-19,21H2,1-2H3;2-13,16,19,21H,14-15,17-18,20H2,1H3;2-3,5-12,17H,4,13-16,18,34H2,1H3. The highest BCUT2D eigenvalue weighted by Gasteiger charge is 2.37. The third-order valence-electron chi connectivity index (χ3n) is 21.9. The fourth-order valence-electron chi connectivity index (χ4n) is 15.1. The van der Waals surface area contributed by atoms with Crippen LogP contribution in [0.3, 0.4) is 0 Å². The summed E-state index contributed by atoms with van der Waals surface area (Å²) in [5.41, 5.74) is 5.26. The number of likely N-dealkylation sites (tertiary alicyclic amines) is 1. The van der Waals surface area contributed by atoms with Crippen molar-refractivity contribution in [1.29, 1.82) is 0 Å². The molecule has 0 bridgehead atoms. The molecule has 1 unspecified atom stereocenters. The van der Waals surface area contributed by atoms with Crippen molar-refractivity contribution >= 4 is 50.4 Å². The third kappa shape index (κ3) is 23.6. The second-order valence-corrected chi connectivity index (χ2v) is 30.3. The molecule has 33 heteroatoms. The molecule has 14 rings (SSSR count). The van der Waals surface area contributed by atoms with E-state index in [4.69, 9.17) is 34.9 Å². The molecular formula is C95H90F12N12O9. The molecule has 9 aromatic carbocycles. The number of para-hydroxylation sites is 3. The topological polar surface area (TPSA) is 235 Å². The maximum atomic E-state index is 14.3. The second kappa shape index (κ2) is 42.2. The summed E-state index contributed by atoms with van der Waals surface area (Å²) in [6.07, 6.45) is -7.70. The molecule has 1 aliphatic heterocycles. The Morgan fingerprint density at radius 3 is 1.06 bits per heavy atom. The van der Waals surface area contributed by atoms with E-state index in [1.807, 2.05) is 13.1 Å². The molecule has 1 saturated heterocycles. The lowest BCUT2D eigenvalue weighted by Gasteiger charge is -2.27. The number of amides is 3. The van der Waals surface area contributed by atoms with Gasteiger partial charge in [0.2, 0.25) is 17.7 Å². The lowest BCUT2D eigenvalue weighted by molar-refractivity contribution is -0.140. The van der Waals surface area contributed by atoms with E-state index in [2.05, 4.69) is 9.88 Å². The quantitative estimate of drug-likeness (QED) is 0.0412. The number of nitrogens with two attached hydrogens (primary N) is 1. The summed E-state index contributed by atoms with van der Waals surface area (Å²) in [7, 11) is 6.68. The number of hydrogen-bond donors (Lipinski definition) is 1. The first-order valence-corrected chi connectivity index (χ1v) is 41.0. The number of halogens is 12. The van der Waals surface area contributed by atoms with Gasteiger partial charge in [0.15, 0.2) is 0 Å². The van der Waals surface area contributed by atoms with Gasteiger partial charge < -0.3 is 39.5 Å². The van der Waals surface area contributed by atoms with Crippen molar-refractivity contribution in [2.24, 2.45) is 5.73 Å². The molecule has 3 amide bonds. The fraction of sp³-hybridized carbons (Fsp3) is 0.284. The normalized spacial score (nSPS) is 12.9. The van der Waals surface area contributed by atoms with E-state index in [1.165, 1.54) is 25.7 Å². The Labute approximate surface area is 727 Å². The highest BCUT2D eigenvalue weighted by atomic mass is 19.4. The molecule has 128 heavy (non-hydrogen) atoms. The lowest BCUT2D eigenvalue weighted by Crippen LogP contribution is -2.38. The highest BCUT2D eigenvalue weighted by Crippen LogP contribution is 2.35. The molecule has 2 N–H and O–H groups in total. The van der Waals surface area contributed by atoms with E-state index in [0.717, 1.165) is 61.3 Å². The second-order valence-electron chi connectivity index (χ2n) is 30.3. The van der Waals surface area contributed by atoms with Gasteiger partial charge in [-0.25, -0.2) is 28.1 Å². The van der Waals surface area contributed by atoms with Crippen LogP contribution in [0.5, 0.6) is 17.2 Å². The number of hydrogen-bond acceptors (Lipinski definition) is 15. The number of carbonyl (C=O) groups excluding carboxylic acids is 3. The van der Waals surface area contributed by atoms with E-state index >= 15 is 0 Å². The summed E-state index contributed by atoms with van der Waals surface area (Å²) in [6.45, 7) is 2.72. The zero-order chi connectivity index (χ0) is 91.6. The van der Waals surface area contributed by atoms with Gasteiger partial charge in [-0.05, 0) is 226 Å². The van der Waals surface area contributed by atoms with Crippen molar-refractivity contribution in [3.05, 3.63) is 330 Å². The smallest absolute Gasteiger partial charge is 0.419 e. The number of ether oxygens (including phenoxy) is 3. The van der Waals surface area contributed by atoms with Gasteiger partial charge in [-0.15, -0.1) is 0 Å². The van der Waals surface area contributed by atoms with Crippen molar-refractivity contribution in [2.45, 2.75) is 95.2 Å². The van der Waals surface area contributed by atoms with Gasteiger partial charge in [0.1, 0.15) is 52.2 Å². The monoisotopic (exact) mass is 1770 g/mol. The van der Waals surface area contributed by atoms with Crippen molar-refractivity contribution in [3.8, 4) is 34.3 Å². The molecule has 0 saturated carbocycles. The molecule has 0 aliphatic carbocycles. The van der Waals surface area contributed by atoms with Crippen molar-refractivity contribution < 1.29 is 81.3 Å². The number of benzene rings is 9. The van der Waals surface area contributed by atoms with Crippen LogP contribution in [0.15, 0.2) is 239 Å². The average Bonchev–Trinajstić information content (AvgIpc) is 0.852. The highest BCUT2D eigenvalue weighted by molar-refractivity contribution is 5.82. The van der Waals surface area contributed by atoms with E-state index < -0.39 is 64.5 Å². The number of pyridine rings is 1. The number of aromatic nitrogens is 7. The Balaban J connectivity index is 0.000000174. The largest absolute Gasteiger partial charge is 0.497 e. The lowest BCUT2D eigenvalue weighted by atomic mass is 10.1. The van der Waals surface area contributed by atoms with E-state index in [9.17, 15) is 81.5 Å². The maximum Gasteiger partial charge on any atom is 0.419 e. The van der Waals surface area contributed by atoms with E-state index in [0.29, 0.717) is 141 Å². The molecule has 1 aliphatic rings. The Kier molecular flexibility index (Phi) is 30.8. The molecule has 21 nitrogen and oxygen atoms in total. The summed E-state index contributed by atoms with van der Waals surface area (Å²) >= 11 is 0. The molecule has 1 fully saturated rings. The molecule has 0 radical (unpaired) electrons. The first-order chi connectivity index (χ1) is 61.3. The van der Waals surface area contributed by atoms with Crippen LogP contribution in [0.1, 0.15) is 82.1 Å². The Morgan fingerprint density at radius 1 is 0.422 bits per heavy atom. The fourth-order valence-corrected chi connectivity index (χ4v) is 15.1.